The van der Waals surface area contributed by atoms with Crippen molar-refractivity contribution in [3.63, 3.8) is 0 Å². The second kappa shape index (κ2) is 4.06. The van der Waals surface area contributed by atoms with E-state index in [0.29, 0.717) is 0 Å². The molecule has 4 aliphatic rings. The highest BCUT2D eigenvalue weighted by atomic mass is 16.5. The maximum Gasteiger partial charge on any atom is 0.211 e. The van der Waals surface area contributed by atoms with E-state index >= 15 is 0 Å². The first-order valence-electron chi connectivity index (χ1n) is 13.4. The van der Waals surface area contributed by atoms with Crippen LogP contribution in [0.1, 0.15) is 34.0 Å². The van der Waals surface area contributed by atoms with Crippen LogP contribution in [0.5, 0.6) is 11.5 Å². The normalized spacial score (nSPS) is 59.7. The molecule has 1 saturated heterocycles. The van der Waals surface area contributed by atoms with Crippen molar-refractivity contribution in [1.29, 1.82) is 1.43 Å². The molecule has 0 amide bonds. The molecule has 1 fully saturated rings. The first kappa shape index (κ1) is 5.53. The van der Waals surface area contributed by atoms with Gasteiger partial charge in [-0.3, -0.25) is 0 Å². The number of hydrogen-bond acceptors (Lipinski definition) is 4. The second-order valence-electron chi connectivity index (χ2n) is 5.95. The lowest BCUT2D eigenvalue weighted by molar-refractivity contribution is -0.0453. The Morgan fingerprint density at radius 1 is 1.64 bits per heavy atom. The van der Waals surface area contributed by atoms with Crippen LogP contribution in [0.2, 0.25) is 0 Å². The number of aliphatic hydroxyl groups is 1. The van der Waals surface area contributed by atoms with Crippen LogP contribution >= 0.6 is 0 Å². The summed E-state index contributed by atoms with van der Waals surface area (Å²) in [5, 5.41) is 4.68. The Balaban J connectivity index is 1.94. The van der Waals surface area contributed by atoms with Gasteiger partial charge in [0, 0.05) is 31.1 Å². The lowest BCUT2D eigenvalue weighted by Crippen LogP contribution is -2.64. The standard InChI is InChI=1S/C18H21NO3/c1-19-8-7-18-11-4-5-13(20)17(18)22-16-14(21-2)6-3-10(15(16)18)9-12(11)19/h3-6,11-13,17,20H,7-9H2,1-2H3/t11-,12+,13?,17?,18-/m0/s1/i1D3,2D3,3D,6D,9D2,12D,13D,20D. The molecule has 116 valence electrons. The monoisotopic (exact) mass is 312 g/mol. The molecule has 4 nitrogen and oxygen atoms in total. The molecule has 1 N–H and O–H groups in total. The Morgan fingerprint density at radius 2 is 2.64 bits per heavy atom. The van der Waals surface area contributed by atoms with Crippen molar-refractivity contribution in [3.8, 4) is 11.5 Å². The van der Waals surface area contributed by atoms with E-state index in [1.54, 1.807) is 0 Å². The van der Waals surface area contributed by atoms with Gasteiger partial charge >= 0.3 is 0 Å². The fraction of sp³-hybridized carbons (Fsp3) is 0.556. The van der Waals surface area contributed by atoms with Gasteiger partial charge in [-0.25, -0.2) is 0 Å². The van der Waals surface area contributed by atoms with Gasteiger partial charge in [0.2, 0.25) is 1.43 Å². The first-order chi connectivity index (χ1) is 15.9. The molecule has 0 aromatic heterocycles. The van der Waals surface area contributed by atoms with E-state index in [4.69, 9.17) is 26.0 Å². The summed E-state index contributed by atoms with van der Waals surface area (Å²) in [6.07, 6.45) is -4.18. The van der Waals surface area contributed by atoms with Gasteiger partial charge in [0.1, 0.15) is 12.2 Å². The van der Waals surface area contributed by atoms with Crippen LogP contribution in [0.25, 0.3) is 0 Å². The number of piperidine rings is 1. The summed E-state index contributed by atoms with van der Waals surface area (Å²) in [6.45, 7) is -3.21. The molecule has 0 radical (unpaired) electrons. The Kier molecular flexibility index (Phi) is 1.02. The van der Waals surface area contributed by atoms with Gasteiger partial charge in [-0.05, 0) is 37.9 Å². The number of rotatable bonds is 2. The van der Waals surface area contributed by atoms with E-state index in [-0.39, 0.29) is 24.3 Å². The predicted octanol–water partition coefficient (Wildman–Crippen LogP) is 1.50. The number of methoxy groups -OCH3 is 1. The van der Waals surface area contributed by atoms with E-state index in [1.165, 1.54) is 6.08 Å². The van der Waals surface area contributed by atoms with Crippen molar-refractivity contribution < 1.29 is 31.0 Å². The molecule has 2 bridgehead atoms. The van der Waals surface area contributed by atoms with E-state index in [9.17, 15) is 1.37 Å². The summed E-state index contributed by atoms with van der Waals surface area (Å²) in [7, 11) is -3.05. The molecule has 0 saturated carbocycles. The highest BCUT2D eigenvalue weighted by Crippen LogP contribution is 2.62. The summed E-state index contributed by atoms with van der Waals surface area (Å²) < 4.78 is 118. The predicted molar refractivity (Wildman–Crippen MR) is 82.5 cm³/mol. The first-order valence-corrected chi connectivity index (χ1v) is 7.03. The maximum atomic E-state index is 9.35. The Hall–Kier alpha value is -1.52. The molecule has 2 aliphatic carbocycles. The Labute approximate surface area is 148 Å². The quantitative estimate of drug-likeness (QED) is 0.841. The van der Waals surface area contributed by atoms with Crippen molar-refractivity contribution in [2.24, 2.45) is 5.92 Å². The zero-order valence-electron chi connectivity index (χ0n) is 24.4. The summed E-state index contributed by atoms with van der Waals surface area (Å²) >= 11 is 0. The average molecular weight is 312 g/mol. The summed E-state index contributed by atoms with van der Waals surface area (Å²) in [6, 6.07) is -4.11. The number of hydrogen-bond donors (Lipinski definition) is 1. The van der Waals surface area contributed by atoms with Gasteiger partial charge < -0.3 is 19.5 Å². The van der Waals surface area contributed by atoms with E-state index in [1.807, 2.05) is 0 Å². The zero-order chi connectivity index (χ0) is 26.1. The number of benzene rings is 1. The van der Waals surface area contributed by atoms with Crippen LogP contribution < -0.4 is 9.47 Å². The van der Waals surface area contributed by atoms with Crippen molar-refractivity contribution in [2.45, 2.75) is 36.4 Å². The third-order valence-corrected chi connectivity index (χ3v) is 5.11. The number of likely N-dealkylation sites (N-methyl/N-ethyl adjacent to an activating group) is 1. The topological polar surface area (TPSA) is 41.9 Å². The largest absolute Gasteiger partial charge is 0.493 e. The average Bonchev–Trinajstić information content (AvgIpc) is 3.05. The molecule has 2 heterocycles. The number of ether oxygens (including phenoxy) is 2. The van der Waals surface area contributed by atoms with E-state index in [0.717, 1.165) is 11.0 Å². The minimum Gasteiger partial charge on any atom is -0.493 e. The third-order valence-electron chi connectivity index (χ3n) is 5.11. The van der Waals surface area contributed by atoms with Gasteiger partial charge in [0.05, 0.1) is 15.3 Å². The molecule has 2 unspecified atom stereocenters. The molecule has 2 aliphatic heterocycles. The molecular formula is C18H21NO3. The summed E-state index contributed by atoms with van der Waals surface area (Å²) in [5.41, 5.74) is -2.04. The molecule has 4 heteroatoms. The van der Waals surface area contributed by atoms with Crippen LogP contribution in [0.4, 0.5) is 0 Å². The number of nitrogens with zero attached hydrogens (tertiary/aromatic N) is 1. The van der Waals surface area contributed by atoms with Gasteiger partial charge in [-0.15, -0.1) is 0 Å². The lowest BCUT2D eigenvalue weighted by atomic mass is 9.53. The minimum atomic E-state index is -3.05. The van der Waals surface area contributed by atoms with Crippen molar-refractivity contribution in [3.05, 3.63) is 35.4 Å². The van der Waals surface area contributed by atoms with Gasteiger partial charge in [0.15, 0.2) is 11.5 Å². The van der Waals surface area contributed by atoms with Gasteiger partial charge in [-0.2, -0.15) is 0 Å². The number of likely N-dealkylation sites (tertiary alicyclic amines) is 1. The Bertz CT molecular complexity index is 1150. The van der Waals surface area contributed by atoms with Gasteiger partial charge in [0.25, 0.3) is 0 Å². The van der Waals surface area contributed by atoms with Crippen LogP contribution in [0.3, 0.4) is 0 Å². The molecule has 1 spiro atoms. The Morgan fingerprint density at radius 3 is 3.50 bits per heavy atom. The van der Waals surface area contributed by atoms with E-state index in [2.05, 4.69) is 5.11 Å². The summed E-state index contributed by atoms with van der Waals surface area (Å²) in [5.74, 6) is -2.25. The molecular weight excluding hydrogens is 278 g/mol. The zero-order valence-corrected chi connectivity index (χ0v) is 11.4. The molecule has 5 rings (SSSR count). The molecule has 1 aromatic rings. The fourth-order valence-corrected chi connectivity index (χ4v) is 4.23. The van der Waals surface area contributed by atoms with Crippen molar-refractivity contribution >= 4 is 0 Å². The summed E-state index contributed by atoms with van der Waals surface area (Å²) in [4.78, 5) is 0.743. The molecule has 22 heavy (non-hydrogen) atoms. The molecule has 5 atom stereocenters. The molecule has 1 aromatic carbocycles. The van der Waals surface area contributed by atoms with Crippen LogP contribution in [-0.4, -0.2) is 50.2 Å². The highest BCUT2D eigenvalue weighted by molar-refractivity contribution is 5.62. The fourth-order valence-electron chi connectivity index (χ4n) is 4.23. The minimum absolute atomic E-state index is 0.0381. The van der Waals surface area contributed by atoms with Crippen molar-refractivity contribution in [2.75, 3.05) is 20.6 Å². The maximum absolute atomic E-state index is 9.35. The van der Waals surface area contributed by atoms with Crippen LogP contribution in [0.15, 0.2) is 24.2 Å². The lowest BCUT2D eigenvalue weighted by Gasteiger charge is -2.56. The van der Waals surface area contributed by atoms with Crippen LogP contribution in [0, 0.1) is 5.92 Å². The smallest absolute Gasteiger partial charge is 0.211 e. The van der Waals surface area contributed by atoms with Crippen molar-refractivity contribution in [1.82, 2.24) is 4.90 Å². The second-order valence-corrected chi connectivity index (χ2v) is 5.95. The third kappa shape index (κ3) is 1.28. The SMILES string of the molecule is [2H]OC1([2H])C=C[C@@H]2[C@@]34CCN(C([2H])([2H])[2H])[C@]2([2H])C([2H])([2H])c2c([2H])c([2H])c(OC([2H])([2H])[2H])c(c23)OC14. The van der Waals surface area contributed by atoms with Gasteiger partial charge in [-0.1, -0.05) is 18.2 Å². The van der Waals surface area contributed by atoms with E-state index < -0.39 is 73.3 Å². The van der Waals surface area contributed by atoms with Crippen LogP contribution in [-0.2, 0) is 11.8 Å². The highest BCUT2D eigenvalue weighted by Gasteiger charge is 2.64.